The Labute approximate surface area is 155 Å². The summed E-state index contributed by atoms with van der Waals surface area (Å²) in [4.78, 5) is 4.92. The fraction of sp³-hybridized carbons (Fsp3) is 0. The second-order valence-corrected chi connectivity index (χ2v) is 4.64. The second-order valence-electron chi connectivity index (χ2n) is 3.05. The summed E-state index contributed by atoms with van der Waals surface area (Å²) in [7, 11) is 0. The fourth-order valence-electron chi connectivity index (χ4n) is 1.30. The summed E-state index contributed by atoms with van der Waals surface area (Å²) in [5, 5.41) is 0. The zero-order valence-corrected chi connectivity index (χ0v) is 14.7. The van der Waals surface area contributed by atoms with Gasteiger partial charge in [0.1, 0.15) is 5.82 Å². The standard InChI is InChI=1S/C12H7BrFNS.K/c1-16-8-6-10(13)12(15-7-8)9-4-2-3-5-11(9)14;/h2-6H,1H2;/q-2;+1. The summed E-state index contributed by atoms with van der Waals surface area (Å²) in [5.74, 6) is -0.292. The van der Waals surface area contributed by atoms with Gasteiger partial charge in [-0.2, -0.15) is 0 Å². The minimum atomic E-state index is -0.292. The molecule has 1 nitrogen and oxygen atoms in total. The number of halogens is 2. The van der Waals surface area contributed by atoms with E-state index in [1.807, 2.05) is 6.07 Å². The molecule has 0 aliphatic rings. The molecular formula is C12H7BrFKNS-. The molecule has 1 aromatic carbocycles. The van der Waals surface area contributed by atoms with Crippen molar-refractivity contribution in [3.05, 3.63) is 53.1 Å². The summed E-state index contributed by atoms with van der Waals surface area (Å²) >= 11 is 4.67. The van der Waals surface area contributed by atoms with Crippen molar-refractivity contribution in [2.75, 3.05) is 0 Å². The van der Waals surface area contributed by atoms with Crippen LogP contribution in [0.4, 0.5) is 4.39 Å². The number of aromatic nitrogens is 1. The Morgan fingerprint density at radius 1 is 1.35 bits per heavy atom. The Morgan fingerprint density at radius 2 is 2.06 bits per heavy atom. The third-order valence-corrected chi connectivity index (χ3v) is 3.17. The van der Waals surface area contributed by atoms with Crippen LogP contribution in [0, 0.1) is 18.3 Å². The van der Waals surface area contributed by atoms with E-state index in [0.29, 0.717) is 11.3 Å². The molecule has 0 unspecified atom stereocenters. The van der Waals surface area contributed by atoms with Gasteiger partial charge in [-0.15, -0.1) is 11.0 Å². The molecule has 0 bridgehead atoms. The molecule has 0 amide bonds. The second kappa shape index (κ2) is 7.38. The van der Waals surface area contributed by atoms with Gasteiger partial charge in [0, 0.05) is 0 Å². The molecule has 0 N–H and O–H groups in total. The molecular weight excluding hydrogens is 328 g/mol. The Hall–Kier alpha value is 0.766. The number of benzene rings is 1. The van der Waals surface area contributed by atoms with Gasteiger partial charge < -0.3 is 16.7 Å². The predicted molar refractivity (Wildman–Crippen MR) is 67.4 cm³/mol. The van der Waals surface area contributed by atoms with Crippen LogP contribution in [-0.4, -0.2) is 4.98 Å². The molecule has 0 aliphatic carbocycles. The summed E-state index contributed by atoms with van der Waals surface area (Å²) in [6.45, 7) is 0. The maximum atomic E-state index is 13.5. The third-order valence-electron chi connectivity index (χ3n) is 2.05. The van der Waals surface area contributed by atoms with Gasteiger partial charge in [-0.05, 0) is 17.3 Å². The van der Waals surface area contributed by atoms with Gasteiger partial charge in [-0.1, -0.05) is 44.8 Å². The van der Waals surface area contributed by atoms with Gasteiger partial charge in [0.2, 0.25) is 0 Å². The molecule has 0 atom stereocenters. The molecule has 0 saturated carbocycles. The van der Waals surface area contributed by atoms with Crippen LogP contribution in [0.25, 0.3) is 11.3 Å². The number of hydrogen-bond donors (Lipinski definition) is 0. The molecule has 1 aromatic heterocycles. The van der Waals surface area contributed by atoms with Crippen LogP contribution in [0.1, 0.15) is 0 Å². The Morgan fingerprint density at radius 3 is 2.65 bits per heavy atom. The summed E-state index contributed by atoms with van der Waals surface area (Å²) in [5.41, 5.74) is 1.02. The first kappa shape index (κ1) is 15.8. The number of thioether (sulfide) groups is 1. The first-order valence-corrected chi connectivity index (χ1v) is 6.25. The summed E-state index contributed by atoms with van der Waals surface area (Å²) in [6, 6.07) is 8.35. The van der Waals surface area contributed by atoms with Crippen LogP contribution in [0.3, 0.4) is 0 Å². The largest absolute Gasteiger partial charge is 1.00 e. The molecule has 2 aromatic rings. The van der Waals surface area contributed by atoms with E-state index in [4.69, 9.17) is 0 Å². The maximum absolute atomic E-state index is 13.5. The molecule has 1 heterocycles. The van der Waals surface area contributed by atoms with Crippen molar-refractivity contribution in [2.24, 2.45) is 0 Å². The smallest absolute Gasteiger partial charge is 0.384 e. The van der Waals surface area contributed by atoms with Crippen molar-refractivity contribution in [1.29, 1.82) is 0 Å². The first-order valence-electron chi connectivity index (χ1n) is 4.47. The zero-order chi connectivity index (χ0) is 11.5. The first-order chi connectivity index (χ1) is 7.72. The number of hydrogen-bond acceptors (Lipinski definition) is 2. The quantitative estimate of drug-likeness (QED) is 0.467. The van der Waals surface area contributed by atoms with E-state index in [-0.39, 0.29) is 57.2 Å². The Kier molecular flexibility index (Phi) is 6.87. The molecule has 17 heavy (non-hydrogen) atoms. The maximum Gasteiger partial charge on any atom is 1.00 e. The van der Waals surface area contributed by atoms with Crippen molar-refractivity contribution >= 4 is 27.7 Å². The fourth-order valence-corrected chi connectivity index (χ4v) is 2.29. The topological polar surface area (TPSA) is 12.9 Å². The van der Waals surface area contributed by atoms with E-state index in [2.05, 4.69) is 33.4 Å². The molecule has 0 aliphatic heterocycles. The van der Waals surface area contributed by atoms with Gasteiger partial charge in [0.05, 0.1) is 0 Å². The number of rotatable bonds is 2. The van der Waals surface area contributed by atoms with Crippen LogP contribution in [0.5, 0.6) is 0 Å². The molecule has 5 heteroatoms. The van der Waals surface area contributed by atoms with Crippen molar-refractivity contribution in [3.63, 3.8) is 0 Å². The minimum absolute atomic E-state index is 0. The normalized spacial score (nSPS) is 9.82. The van der Waals surface area contributed by atoms with Gasteiger partial charge in [-0.25, -0.2) is 4.39 Å². The molecule has 82 valence electrons. The van der Waals surface area contributed by atoms with E-state index in [1.54, 1.807) is 18.2 Å². The van der Waals surface area contributed by atoms with Crippen molar-refractivity contribution in [1.82, 2.24) is 4.98 Å². The van der Waals surface area contributed by atoms with Crippen LogP contribution >= 0.6 is 27.7 Å². The average Bonchev–Trinajstić information content (AvgIpc) is 2.30. The van der Waals surface area contributed by atoms with Crippen molar-refractivity contribution in [3.8, 4) is 11.3 Å². The SMILES string of the molecule is [CH2-]Sc1[c-]nc(-c2ccccc2F)c(Br)c1.[K+]. The van der Waals surface area contributed by atoms with Crippen LogP contribution < -0.4 is 51.4 Å². The predicted octanol–water partition coefficient (Wildman–Crippen LogP) is 1.34. The van der Waals surface area contributed by atoms with E-state index >= 15 is 0 Å². The molecule has 0 saturated heterocycles. The van der Waals surface area contributed by atoms with Crippen molar-refractivity contribution in [2.45, 2.75) is 4.90 Å². The van der Waals surface area contributed by atoms with Crippen LogP contribution in [0.2, 0.25) is 0 Å². The minimum Gasteiger partial charge on any atom is -0.384 e. The van der Waals surface area contributed by atoms with Crippen molar-refractivity contribution < 1.29 is 55.8 Å². The zero-order valence-electron chi connectivity index (χ0n) is 9.21. The number of nitrogens with zero attached hydrogens (tertiary/aromatic N) is 1. The van der Waals surface area contributed by atoms with E-state index in [1.165, 1.54) is 17.8 Å². The van der Waals surface area contributed by atoms with Gasteiger partial charge in [0.15, 0.2) is 0 Å². The van der Waals surface area contributed by atoms with E-state index in [9.17, 15) is 4.39 Å². The summed E-state index contributed by atoms with van der Waals surface area (Å²) in [6.07, 6.45) is 6.47. The Balaban J connectivity index is 0.00000144. The third kappa shape index (κ3) is 3.86. The van der Waals surface area contributed by atoms with Gasteiger partial charge >= 0.3 is 51.4 Å². The van der Waals surface area contributed by atoms with E-state index in [0.717, 1.165) is 9.37 Å². The van der Waals surface area contributed by atoms with E-state index < -0.39 is 0 Å². The monoisotopic (exact) mass is 334 g/mol. The molecule has 0 radical (unpaired) electrons. The molecule has 0 spiro atoms. The van der Waals surface area contributed by atoms with Gasteiger partial charge in [-0.3, -0.25) is 6.26 Å². The van der Waals surface area contributed by atoms with Crippen LogP contribution in [0.15, 0.2) is 39.7 Å². The Bertz CT molecular complexity index is 522. The number of pyridine rings is 1. The van der Waals surface area contributed by atoms with Crippen LogP contribution in [-0.2, 0) is 0 Å². The van der Waals surface area contributed by atoms with Gasteiger partial charge in [0.25, 0.3) is 0 Å². The molecule has 0 fully saturated rings. The summed E-state index contributed by atoms with van der Waals surface area (Å²) < 4.78 is 14.3. The molecule has 2 rings (SSSR count). The average molecular weight is 335 g/mol.